The first-order valence-corrected chi connectivity index (χ1v) is 10.4. The molecular formula is C21H17BCl2N2O5. The molecule has 158 valence electrons. The number of rotatable bonds is 5. The van der Waals surface area contributed by atoms with Crippen LogP contribution in [0.25, 0.3) is 10.8 Å². The molecular weight excluding hydrogens is 442 g/mol. The van der Waals surface area contributed by atoms with E-state index in [1.165, 1.54) is 12.1 Å². The van der Waals surface area contributed by atoms with Crippen LogP contribution in [0.4, 0.5) is 5.69 Å². The molecule has 31 heavy (non-hydrogen) atoms. The second kappa shape index (κ2) is 9.24. The molecule has 4 rings (SSSR count). The fraction of sp³-hybridized carbons (Fsp3) is 0.190. The number of nitro benzene ring substituents is 1. The number of hydrogen-bond donors (Lipinski definition) is 1. The van der Waals surface area contributed by atoms with Crippen LogP contribution >= 0.6 is 23.2 Å². The maximum atomic E-state index is 12.1. The smallest absolute Gasteiger partial charge is 0.405 e. The Morgan fingerprint density at radius 2 is 1.81 bits per heavy atom. The van der Waals surface area contributed by atoms with Gasteiger partial charge in [-0.05, 0) is 33.9 Å². The van der Waals surface area contributed by atoms with E-state index in [-0.39, 0.29) is 12.3 Å². The largest absolute Gasteiger partial charge is 0.495 e. The number of fused-ring (bicyclic) bond motifs is 1. The van der Waals surface area contributed by atoms with E-state index in [2.05, 4.69) is 5.32 Å². The predicted octanol–water partition coefficient (Wildman–Crippen LogP) is 3.52. The number of hydrogen-bond acceptors (Lipinski definition) is 5. The molecule has 1 amide bonds. The quantitative estimate of drug-likeness (QED) is 0.273. The molecule has 2 atom stereocenters. The molecule has 3 aromatic rings. The topological polar surface area (TPSA) is 90.7 Å². The van der Waals surface area contributed by atoms with E-state index in [0.717, 1.165) is 16.2 Å². The third-order valence-corrected chi connectivity index (χ3v) is 5.49. The Morgan fingerprint density at radius 3 is 2.52 bits per heavy atom. The molecule has 1 saturated heterocycles. The number of nitrogens with one attached hydrogen (secondary N) is 1. The maximum absolute atomic E-state index is 12.1. The van der Waals surface area contributed by atoms with E-state index in [0.29, 0.717) is 5.56 Å². The minimum Gasteiger partial charge on any atom is -0.405 e. The monoisotopic (exact) mass is 458 g/mol. The molecule has 0 radical (unpaired) electrons. The summed E-state index contributed by atoms with van der Waals surface area (Å²) in [5, 5.41) is 15.8. The van der Waals surface area contributed by atoms with E-state index in [4.69, 9.17) is 32.5 Å². The van der Waals surface area contributed by atoms with Gasteiger partial charge in [-0.2, -0.15) is 0 Å². The molecule has 10 heteroatoms. The summed E-state index contributed by atoms with van der Waals surface area (Å²) < 4.78 is 12.2. The first-order chi connectivity index (χ1) is 14.9. The third kappa shape index (κ3) is 4.67. The van der Waals surface area contributed by atoms with Crippen LogP contribution in [0, 0.1) is 10.1 Å². The number of non-ortho nitro benzene ring substituents is 1. The van der Waals surface area contributed by atoms with Gasteiger partial charge in [0.1, 0.15) is 0 Å². The van der Waals surface area contributed by atoms with Crippen molar-refractivity contribution in [2.24, 2.45) is 0 Å². The lowest BCUT2D eigenvalue weighted by atomic mass is 9.74. The third-order valence-electron chi connectivity index (χ3n) is 5.10. The highest BCUT2D eigenvalue weighted by molar-refractivity contribution is 6.64. The normalized spacial score (nSPS) is 18.9. The Labute approximate surface area is 188 Å². The van der Waals surface area contributed by atoms with Crippen molar-refractivity contribution in [3.05, 3.63) is 82.4 Å². The minimum absolute atomic E-state index is 0.0384. The van der Waals surface area contributed by atoms with E-state index in [1.54, 1.807) is 12.1 Å². The van der Waals surface area contributed by atoms with Crippen molar-refractivity contribution in [2.75, 3.05) is 6.61 Å². The fourth-order valence-corrected chi connectivity index (χ4v) is 3.75. The molecule has 0 saturated carbocycles. The van der Waals surface area contributed by atoms with Crippen LogP contribution in [0.1, 0.15) is 11.7 Å². The first kappa shape index (κ1) is 21.6. The summed E-state index contributed by atoms with van der Waals surface area (Å²) in [6.07, 6.45) is -0.630. The van der Waals surface area contributed by atoms with Gasteiger partial charge in [-0.25, -0.2) is 0 Å². The molecule has 1 heterocycles. The lowest BCUT2D eigenvalue weighted by Gasteiger charge is -2.36. The van der Waals surface area contributed by atoms with Crippen LogP contribution in [0.5, 0.6) is 0 Å². The van der Waals surface area contributed by atoms with Gasteiger partial charge in [0.2, 0.25) is 0 Å². The van der Waals surface area contributed by atoms with Crippen molar-refractivity contribution < 1.29 is 19.0 Å². The van der Waals surface area contributed by atoms with Gasteiger partial charge in [0.15, 0.2) is 4.84 Å². The zero-order chi connectivity index (χ0) is 22.0. The summed E-state index contributed by atoms with van der Waals surface area (Å²) >= 11 is 11.4. The van der Waals surface area contributed by atoms with E-state index in [1.807, 2.05) is 42.5 Å². The van der Waals surface area contributed by atoms with Crippen molar-refractivity contribution in [3.63, 3.8) is 0 Å². The second-order valence-electron chi connectivity index (χ2n) is 7.05. The lowest BCUT2D eigenvalue weighted by Crippen LogP contribution is -2.54. The summed E-state index contributed by atoms with van der Waals surface area (Å²) in [7, 11) is -0.692. The Balaban J connectivity index is 1.67. The summed E-state index contributed by atoms with van der Waals surface area (Å²) in [6, 6.07) is 19.1. The average molecular weight is 459 g/mol. The molecule has 7 nitrogen and oxygen atoms in total. The van der Waals surface area contributed by atoms with Crippen molar-refractivity contribution >= 4 is 58.2 Å². The van der Waals surface area contributed by atoms with Crippen LogP contribution in [0.3, 0.4) is 0 Å². The molecule has 1 aliphatic heterocycles. The number of nitrogens with zero attached hydrogens (tertiary/aromatic N) is 1. The molecule has 0 spiro atoms. The summed E-state index contributed by atoms with van der Waals surface area (Å²) in [4.78, 5) is 21.4. The Hall–Kier alpha value is -2.65. The standard InChI is InChI=1S/C21H17BCl2N2O5/c23-20(24)21(27)25-18-12-30-22(17-7-3-5-13-4-1-2-6-16(13)17)31-19(18)14-8-10-15(11-9-14)26(28)29/h1-11,18-20H,12H2,(H,25,27)/t18-,19-/m1/s1. The highest BCUT2D eigenvalue weighted by Gasteiger charge is 2.39. The van der Waals surface area contributed by atoms with Gasteiger partial charge in [0, 0.05) is 12.1 Å². The maximum Gasteiger partial charge on any atom is 0.495 e. The molecule has 0 unspecified atom stereocenters. The van der Waals surface area contributed by atoms with E-state index >= 15 is 0 Å². The van der Waals surface area contributed by atoms with Gasteiger partial charge < -0.3 is 14.6 Å². The van der Waals surface area contributed by atoms with E-state index in [9.17, 15) is 14.9 Å². The van der Waals surface area contributed by atoms with Gasteiger partial charge >= 0.3 is 7.12 Å². The van der Waals surface area contributed by atoms with E-state index < -0.39 is 34.9 Å². The fourth-order valence-electron chi connectivity index (χ4n) is 3.62. The minimum atomic E-state index is -1.24. The Kier molecular flexibility index (Phi) is 6.43. The summed E-state index contributed by atoms with van der Waals surface area (Å²) in [5.74, 6) is -0.573. The molecule has 0 bridgehead atoms. The van der Waals surface area contributed by atoms with Crippen molar-refractivity contribution in [1.82, 2.24) is 5.32 Å². The average Bonchev–Trinajstić information content (AvgIpc) is 2.79. The molecule has 1 N–H and O–H groups in total. The van der Waals surface area contributed by atoms with Crippen molar-refractivity contribution in [1.29, 1.82) is 0 Å². The molecule has 1 fully saturated rings. The van der Waals surface area contributed by atoms with Crippen LogP contribution in [-0.4, -0.2) is 35.4 Å². The van der Waals surface area contributed by atoms with Gasteiger partial charge in [-0.1, -0.05) is 65.7 Å². The highest BCUT2D eigenvalue weighted by atomic mass is 35.5. The number of benzene rings is 3. The highest BCUT2D eigenvalue weighted by Crippen LogP contribution is 2.29. The molecule has 0 aliphatic carbocycles. The van der Waals surface area contributed by atoms with Gasteiger partial charge in [0.05, 0.1) is 23.7 Å². The second-order valence-corrected chi connectivity index (χ2v) is 8.15. The van der Waals surface area contributed by atoms with Gasteiger partial charge in [-0.15, -0.1) is 0 Å². The zero-order valence-corrected chi connectivity index (χ0v) is 17.6. The number of halogens is 2. The summed E-state index contributed by atoms with van der Waals surface area (Å²) in [5.41, 5.74) is 1.47. The van der Waals surface area contributed by atoms with Crippen molar-refractivity contribution in [2.45, 2.75) is 17.0 Å². The SMILES string of the molecule is O=C(N[C@@H]1COB(c2cccc3ccccc23)O[C@@H]1c1ccc([N+](=O)[O-])cc1)C(Cl)Cl. The molecule has 0 aromatic heterocycles. The number of alkyl halides is 2. The Bertz CT molecular complexity index is 1110. The summed E-state index contributed by atoms with van der Waals surface area (Å²) in [6.45, 7) is 0.141. The van der Waals surface area contributed by atoms with Crippen LogP contribution in [-0.2, 0) is 14.1 Å². The number of carbonyl (C=O) groups is 1. The number of nitro groups is 1. The number of carbonyl (C=O) groups excluding carboxylic acids is 1. The lowest BCUT2D eigenvalue weighted by molar-refractivity contribution is -0.384. The van der Waals surface area contributed by atoms with Gasteiger partial charge in [-0.3, -0.25) is 14.9 Å². The predicted molar refractivity (Wildman–Crippen MR) is 120 cm³/mol. The Morgan fingerprint density at radius 1 is 1.10 bits per heavy atom. The van der Waals surface area contributed by atoms with Crippen LogP contribution < -0.4 is 10.8 Å². The van der Waals surface area contributed by atoms with Crippen LogP contribution in [0.15, 0.2) is 66.7 Å². The van der Waals surface area contributed by atoms with Crippen LogP contribution in [0.2, 0.25) is 0 Å². The van der Waals surface area contributed by atoms with Crippen molar-refractivity contribution in [3.8, 4) is 0 Å². The molecule has 1 aliphatic rings. The van der Waals surface area contributed by atoms with Gasteiger partial charge in [0.25, 0.3) is 11.6 Å². The number of amides is 1. The zero-order valence-electron chi connectivity index (χ0n) is 16.1. The molecule has 3 aromatic carbocycles. The first-order valence-electron chi connectivity index (χ1n) is 9.51.